The van der Waals surface area contributed by atoms with E-state index in [1.165, 1.54) is 56.5 Å². The smallest absolute Gasteiger partial charge is 0.0937 e. The molecule has 1 aromatic heterocycles. The van der Waals surface area contributed by atoms with Gasteiger partial charge in [-0.1, -0.05) is 19.3 Å². The highest BCUT2D eigenvalue weighted by Gasteiger charge is 2.31. The minimum Gasteiger partial charge on any atom is -0.314 e. The first kappa shape index (κ1) is 14.5. The minimum absolute atomic E-state index is 0.722. The van der Waals surface area contributed by atoms with Crippen molar-refractivity contribution >= 4 is 11.3 Å². The molecule has 4 heteroatoms. The van der Waals surface area contributed by atoms with Crippen LogP contribution in [-0.2, 0) is 6.42 Å². The van der Waals surface area contributed by atoms with Crippen molar-refractivity contribution in [3.05, 3.63) is 16.6 Å². The Morgan fingerprint density at radius 1 is 1.20 bits per heavy atom. The quantitative estimate of drug-likeness (QED) is 0.876. The van der Waals surface area contributed by atoms with Gasteiger partial charge in [-0.25, -0.2) is 4.98 Å². The second-order valence-corrected chi connectivity index (χ2v) is 7.22. The van der Waals surface area contributed by atoms with Gasteiger partial charge in [-0.05, 0) is 38.1 Å². The Morgan fingerprint density at radius 3 is 2.90 bits per heavy atom. The first-order valence-electron chi connectivity index (χ1n) is 8.28. The van der Waals surface area contributed by atoms with E-state index in [1.54, 1.807) is 11.3 Å². The van der Waals surface area contributed by atoms with Crippen molar-refractivity contribution in [1.82, 2.24) is 15.6 Å². The zero-order valence-corrected chi connectivity index (χ0v) is 13.1. The molecule has 1 aliphatic carbocycles. The molecular weight excluding hydrogens is 266 g/mol. The van der Waals surface area contributed by atoms with Crippen molar-refractivity contribution in [2.24, 2.45) is 5.92 Å². The van der Waals surface area contributed by atoms with E-state index in [4.69, 9.17) is 0 Å². The van der Waals surface area contributed by atoms with Crippen LogP contribution >= 0.6 is 11.3 Å². The average molecular weight is 293 g/mol. The Hall–Kier alpha value is -0.450. The van der Waals surface area contributed by atoms with Crippen molar-refractivity contribution in [3.63, 3.8) is 0 Å². The predicted molar refractivity (Wildman–Crippen MR) is 85.2 cm³/mol. The molecular formula is C16H27N3S. The molecule has 2 aliphatic rings. The molecule has 20 heavy (non-hydrogen) atoms. The van der Waals surface area contributed by atoms with E-state index in [0.29, 0.717) is 0 Å². The maximum Gasteiger partial charge on any atom is 0.0937 e. The molecule has 0 bridgehead atoms. The zero-order chi connectivity index (χ0) is 13.6. The van der Waals surface area contributed by atoms with Gasteiger partial charge in [0.2, 0.25) is 0 Å². The molecule has 112 valence electrons. The molecule has 3 unspecified atom stereocenters. The standard InChI is InChI=1S/C16H27N3S/c1-2-6-15(18-10-8-16-19-11-12-20-16)13(5-1)14-7-3-4-9-17-14/h11-15,17-18H,1-10H2. The molecule has 1 saturated heterocycles. The third-order valence-electron chi connectivity index (χ3n) is 4.91. The lowest BCUT2D eigenvalue weighted by Crippen LogP contribution is -2.50. The molecule has 0 spiro atoms. The van der Waals surface area contributed by atoms with E-state index >= 15 is 0 Å². The highest BCUT2D eigenvalue weighted by molar-refractivity contribution is 7.09. The fourth-order valence-corrected chi connectivity index (χ4v) is 4.50. The number of hydrogen-bond acceptors (Lipinski definition) is 4. The van der Waals surface area contributed by atoms with Gasteiger partial charge in [-0.3, -0.25) is 0 Å². The molecule has 2 fully saturated rings. The molecule has 3 rings (SSSR count). The van der Waals surface area contributed by atoms with Gasteiger partial charge in [-0.2, -0.15) is 0 Å². The normalized spacial score (nSPS) is 31.3. The highest BCUT2D eigenvalue weighted by atomic mass is 32.1. The van der Waals surface area contributed by atoms with Gasteiger partial charge in [0.15, 0.2) is 0 Å². The van der Waals surface area contributed by atoms with E-state index in [-0.39, 0.29) is 0 Å². The van der Waals surface area contributed by atoms with E-state index in [0.717, 1.165) is 31.0 Å². The largest absolute Gasteiger partial charge is 0.314 e. The summed E-state index contributed by atoms with van der Waals surface area (Å²) in [5.41, 5.74) is 0. The van der Waals surface area contributed by atoms with Crippen LogP contribution in [0.2, 0.25) is 0 Å². The monoisotopic (exact) mass is 293 g/mol. The maximum absolute atomic E-state index is 4.37. The fraction of sp³-hybridized carbons (Fsp3) is 0.812. The lowest BCUT2D eigenvalue weighted by molar-refractivity contribution is 0.182. The van der Waals surface area contributed by atoms with Crippen LogP contribution in [0, 0.1) is 5.92 Å². The van der Waals surface area contributed by atoms with Crippen LogP contribution in [0.15, 0.2) is 11.6 Å². The van der Waals surface area contributed by atoms with Crippen molar-refractivity contribution in [1.29, 1.82) is 0 Å². The number of piperidine rings is 1. The Kier molecular flexibility index (Phi) is 5.45. The van der Waals surface area contributed by atoms with Crippen molar-refractivity contribution in [2.75, 3.05) is 13.1 Å². The van der Waals surface area contributed by atoms with E-state index in [2.05, 4.69) is 21.0 Å². The van der Waals surface area contributed by atoms with Gasteiger partial charge in [-0.15, -0.1) is 11.3 Å². The van der Waals surface area contributed by atoms with Gasteiger partial charge in [0.05, 0.1) is 5.01 Å². The van der Waals surface area contributed by atoms with Crippen LogP contribution in [0.4, 0.5) is 0 Å². The van der Waals surface area contributed by atoms with E-state index < -0.39 is 0 Å². The molecule has 1 aromatic rings. The lowest BCUT2D eigenvalue weighted by Gasteiger charge is -2.40. The van der Waals surface area contributed by atoms with Gasteiger partial charge in [0.1, 0.15) is 0 Å². The Morgan fingerprint density at radius 2 is 2.10 bits per heavy atom. The van der Waals surface area contributed by atoms with Crippen molar-refractivity contribution in [2.45, 2.75) is 63.5 Å². The molecule has 3 nitrogen and oxygen atoms in total. The molecule has 0 aromatic carbocycles. The summed E-state index contributed by atoms with van der Waals surface area (Å²) in [4.78, 5) is 4.37. The van der Waals surface area contributed by atoms with Gasteiger partial charge < -0.3 is 10.6 Å². The first-order chi connectivity index (χ1) is 9.93. The summed E-state index contributed by atoms with van der Waals surface area (Å²) in [7, 11) is 0. The maximum atomic E-state index is 4.37. The van der Waals surface area contributed by atoms with Gasteiger partial charge >= 0.3 is 0 Å². The van der Waals surface area contributed by atoms with Gasteiger partial charge in [0, 0.05) is 36.6 Å². The van der Waals surface area contributed by atoms with Crippen LogP contribution < -0.4 is 10.6 Å². The summed E-state index contributed by atoms with van der Waals surface area (Å²) in [6.45, 7) is 2.31. The SMILES string of the molecule is c1csc(CCNC2CCCCC2C2CCCCN2)n1. The Bertz CT molecular complexity index is 373. The molecule has 3 atom stereocenters. The van der Waals surface area contributed by atoms with Crippen molar-refractivity contribution < 1.29 is 0 Å². The summed E-state index contributed by atoms with van der Waals surface area (Å²) >= 11 is 1.77. The number of hydrogen-bond donors (Lipinski definition) is 2. The molecule has 0 amide bonds. The van der Waals surface area contributed by atoms with Crippen molar-refractivity contribution in [3.8, 4) is 0 Å². The third-order valence-corrected chi connectivity index (χ3v) is 5.75. The van der Waals surface area contributed by atoms with Crippen LogP contribution in [0.25, 0.3) is 0 Å². The summed E-state index contributed by atoms with van der Waals surface area (Å²) in [6.07, 6.45) is 12.8. The number of nitrogens with one attached hydrogen (secondary N) is 2. The first-order valence-corrected chi connectivity index (χ1v) is 9.16. The fourth-order valence-electron chi connectivity index (χ4n) is 3.88. The van der Waals surface area contributed by atoms with Crippen LogP contribution in [0.5, 0.6) is 0 Å². The summed E-state index contributed by atoms with van der Waals surface area (Å²) in [5, 5.41) is 10.9. The second kappa shape index (κ2) is 7.53. The predicted octanol–water partition coefficient (Wildman–Crippen LogP) is 2.98. The highest BCUT2D eigenvalue weighted by Crippen LogP contribution is 2.30. The number of rotatable bonds is 5. The summed E-state index contributed by atoms with van der Waals surface area (Å²) in [6, 6.07) is 1.49. The van der Waals surface area contributed by atoms with Crippen LogP contribution in [0.3, 0.4) is 0 Å². The number of aromatic nitrogens is 1. The van der Waals surface area contributed by atoms with E-state index in [9.17, 15) is 0 Å². The topological polar surface area (TPSA) is 37.0 Å². The molecule has 0 radical (unpaired) electrons. The number of thiazole rings is 1. The minimum atomic E-state index is 0.722. The lowest BCUT2D eigenvalue weighted by atomic mass is 9.77. The van der Waals surface area contributed by atoms with Crippen LogP contribution in [-0.4, -0.2) is 30.2 Å². The molecule has 2 N–H and O–H groups in total. The molecule has 1 saturated carbocycles. The number of nitrogens with zero attached hydrogens (tertiary/aromatic N) is 1. The Balaban J connectivity index is 1.49. The molecule has 1 aliphatic heterocycles. The van der Waals surface area contributed by atoms with Crippen LogP contribution in [0.1, 0.15) is 50.0 Å². The molecule has 2 heterocycles. The second-order valence-electron chi connectivity index (χ2n) is 6.24. The zero-order valence-electron chi connectivity index (χ0n) is 12.3. The third kappa shape index (κ3) is 3.80. The summed E-state index contributed by atoms with van der Waals surface area (Å²) < 4.78 is 0. The average Bonchev–Trinajstić information content (AvgIpc) is 3.02. The van der Waals surface area contributed by atoms with Gasteiger partial charge in [0.25, 0.3) is 0 Å². The van der Waals surface area contributed by atoms with E-state index in [1.807, 2.05) is 6.20 Å². The Labute approximate surface area is 126 Å². The summed E-state index contributed by atoms with van der Waals surface area (Å²) in [5.74, 6) is 0.848.